The van der Waals surface area contributed by atoms with Crippen molar-refractivity contribution in [3.05, 3.63) is 52.2 Å². The first-order chi connectivity index (χ1) is 9.56. The Balaban J connectivity index is 1.95. The average Bonchev–Trinajstić information content (AvgIpc) is 2.92. The van der Waals surface area contributed by atoms with Gasteiger partial charge < -0.3 is 0 Å². The van der Waals surface area contributed by atoms with E-state index >= 15 is 0 Å². The van der Waals surface area contributed by atoms with Crippen molar-refractivity contribution in [1.82, 2.24) is 4.98 Å². The van der Waals surface area contributed by atoms with E-state index in [1.54, 1.807) is 11.6 Å². The number of benzene rings is 1. The SMILES string of the molecule is O=C(CC(=O)c1ccc(F)cc1)C(=O)Cc1nccs1. The second-order valence-electron chi connectivity index (χ2n) is 4.06. The van der Waals surface area contributed by atoms with E-state index in [1.165, 1.54) is 23.5 Å². The first-order valence-corrected chi connectivity index (χ1v) is 6.67. The predicted molar refractivity (Wildman–Crippen MR) is 71.2 cm³/mol. The number of ketones is 3. The Morgan fingerprint density at radius 1 is 1.10 bits per heavy atom. The van der Waals surface area contributed by atoms with Crippen molar-refractivity contribution < 1.29 is 18.8 Å². The van der Waals surface area contributed by atoms with Crippen LogP contribution in [0.2, 0.25) is 0 Å². The number of rotatable bonds is 6. The molecule has 0 bridgehead atoms. The molecule has 0 aliphatic carbocycles. The molecule has 0 spiro atoms. The van der Waals surface area contributed by atoms with Gasteiger partial charge in [0.2, 0.25) is 11.6 Å². The summed E-state index contributed by atoms with van der Waals surface area (Å²) < 4.78 is 12.7. The average molecular weight is 291 g/mol. The molecule has 0 atom stereocenters. The number of carbonyl (C=O) groups excluding carboxylic acids is 3. The van der Waals surface area contributed by atoms with E-state index in [2.05, 4.69) is 4.98 Å². The van der Waals surface area contributed by atoms with Crippen LogP contribution in [0.5, 0.6) is 0 Å². The molecule has 6 heteroatoms. The highest BCUT2D eigenvalue weighted by Gasteiger charge is 2.19. The van der Waals surface area contributed by atoms with Crippen molar-refractivity contribution in [1.29, 1.82) is 0 Å². The molecule has 0 radical (unpaired) electrons. The standard InChI is InChI=1S/C14H10FNO3S/c15-10-3-1-9(2-4-10)11(17)7-12(18)13(19)8-14-16-5-6-20-14/h1-6H,7-8H2. The molecule has 0 saturated heterocycles. The van der Waals surface area contributed by atoms with Crippen LogP contribution in [-0.4, -0.2) is 22.3 Å². The van der Waals surface area contributed by atoms with Crippen molar-refractivity contribution in [2.24, 2.45) is 0 Å². The van der Waals surface area contributed by atoms with Crippen molar-refractivity contribution in [3.63, 3.8) is 0 Å². The molecule has 0 amide bonds. The lowest BCUT2D eigenvalue weighted by Crippen LogP contribution is -2.20. The largest absolute Gasteiger partial charge is 0.294 e. The van der Waals surface area contributed by atoms with E-state index < -0.39 is 29.6 Å². The van der Waals surface area contributed by atoms with Gasteiger partial charge in [0.25, 0.3) is 0 Å². The van der Waals surface area contributed by atoms with Crippen LogP contribution >= 0.6 is 11.3 Å². The third-order valence-corrected chi connectivity index (χ3v) is 3.37. The number of aromatic nitrogens is 1. The summed E-state index contributed by atoms with van der Waals surface area (Å²) >= 11 is 1.27. The van der Waals surface area contributed by atoms with Gasteiger partial charge in [-0.3, -0.25) is 14.4 Å². The Morgan fingerprint density at radius 3 is 2.40 bits per heavy atom. The second-order valence-corrected chi connectivity index (χ2v) is 5.03. The second kappa shape index (κ2) is 6.29. The van der Waals surface area contributed by atoms with Gasteiger partial charge in [-0.1, -0.05) is 0 Å². The first kappa shape index (κ1) is 14.2. The fourth-order valence-corrected chi connectivity index (χ4v) is 2.17. The predicted octanol–water partition coefficient (Wildman–Crippen LogP) is 2.24. The van der Waals surface area contributed by atoms with E-state index in [-0.39, 0.29) is 12.0 Å². The number of thiazole rings is 1. The van der Waals surface area contributed by atoms with Gasteiger partial charge in [-0.25, -0.2) is 9.37 Å². The molecule has 0 aliphatic heterocycles. The molecule has 1 heterocycles. The van der Waals surface area contributed by atoms with Gasteiger partial charge in [-0.05, 0) is 24.3 Å². The van der Waals surface area contributed by atoms with Gasteiger partial charge in [-0.15, -0.1) is 11.3 Å². The van der Waals surface area contributed by atoms with Crippen LogP contribution in [0, 0.1) is 5.82 Å². The molecule has 0 aliphatic rings. The zero-order chi connectivity index (χ0) is 14.5. The van der Waals surface area contributed by atoms with Crippen LogP contribution in [-0.2, 0) is 16.0 Å². The number of halogens is 1. The van der Waals surface area contributed by atoms with Crippen LogP contribution < -0.4 is 0 Å². The van der Waals surface area contributed by atoms with Crippen LogP contribution in [0.4, 0.5) is 4.39 Å². The summed E-state index contributed by atoms with van der Waals surface area (Å²) in [6.45, 7) is 0. The number of hydrogen-bond acceptors (Lipinski definition) is 5. The zero-order valence-corrected chi connectivity index (χ0v) is 11.2. The zero-order valence-electron chi connectivity index (χ0n) is 10.3. The van der Waals surface area contributed by atoms with Gasteiger partial charge in [0.15, 0.2) is 5.78 Å². The molecule has 102 valence electrons. The monoisotopic (exact) mass is 291 g/mol. The number of carbonyl (C=O) groups is 3. The number of hydrogen-bond donors (Lipinski definition) is 0. The molecule has 20 heavy (non-hydrogen) atoms. The highest BCUT2D eigenvalue weighted by molar-refractivity contribution is 7.09. The number of Topliss-reactive ketones (excluding diaryl/α,β-unsaturated/α-hetero) is 3. The summed E-state index contributed by atoms with van der Waals surface area (Å²) in [7, 11) is 0. The minimum absolute atomic E-state index is 0.0901. The molecule has 2 rings (SSSR count). The van der Waals surface area contributed by atoms with E-state index in [0.717, 1.165) is 12.1 Å². The Bertz CT molecular complexity index is 635. The quantitative estimate of drug-likeness (QED) is 0.465. The maximum Gasteiger partial charge on any atom is 0.206 e. The van der Waals surface area contributed by atoms with Gasteiger partial charge >= 0.3 is 0 Å². The Kier molecular flexibility index (Phi) is 4.47. The van der Waals surface area contributed by atoms with E-state index in [4.69, 9.17) is 0 Å². The Morgan fingerprint density at radius 2 is 1.80 bits per heavy atom. The molecule has 0 N–H and O–H groups in total. The highest BCUT2D eigenvalue weighted by atomic mass is 32.1. The summed E-state index contributed by atoms with van der Waals surface area (Å²) in [5, 5.41) is 2.24. The smallest absolute Gasteiger partial charge is 0.206 e. The fraction of sp³-hybridized carbons (Fsp3) is 0.143. The van der Waals surface area contributed by atoms with Crippen LogP contribution in [0.15, 0.2) is 35.8 Å². The maximum atomic E-state index is 12.7. The summed E-state index contributed by atoms with van der Waals surface area (Å²) in [5.74, 6) is -2.36. The molecular weight excluding hydrogens is 281 g/mol. The van der Waals surface area contributed by atoms with Crippen molar-refractivity contribution in [2.75, 3.05) is 0 Å². The number of nitrogens with zero attached hydrogens (tertiary/aromatic N) is 1. The molecule has 1 aromatic heterocycles. The third-order valence-electron chi connectivity index (χ3n) is 2.59. The minimum atomic E-state index is -0.755. The molecule has 2 aromatic rings. The lowest BCUT2D eigenvalue weighted by Gasteiger charge is -2.00. The van der Waals surface area contributed by atoms with Crippen LogP contribution in [0.1, 0.15) is 21.8 Å². The van der Waals surface area contributed by atoms with E-state index in [0.29, 0.717) is 5.01 Å². The summed E-state index contributed by atoms with van der Waals surface area (Å²) in [6, 6.07) is 4.84. The van der Waals surface area contributed by atoms with Crippen LogP contribution in [0.3, 0.4) is 0 Å². The fourth-order valence-electron chi connectivity index (χ4n) is 1.56. The molecular formula is C14H10FNO3S. The molecule has 0 unspecified atom stereocenters. The van der Waals surface area contributed by atoms with Gasteiger partial charge in [0.1, 0.15) is 10.8 Å². The van der Waals surface area contributed by atoms with E-state index in [9.17, 15) is 18.8 Å². The van der Waals surface area contributed by atoms with Crippen LogP contribution in [0.25, 0.3) is 0 Å². The lowest BCUT2D eigenvalue weighted by molar-refractivity contribution is -0.135. The van der Waals surface area contributed by atoms with Crippen molar-refractivity contribution >= 4 is 28.7 Å². The maximum absolute atomic E-state index is 12.7. The molecule has 0 fully saturated rings. The summed E-state index contributed by atoms with van der Waals surface area (Å²) in [6.07, 6.45) is 0.949. The van der Waals surface area contributed by atoms with E-state index in [1.807, 2.05) is 0 Å². The third kappa shape index (κ3) is 3.64. The molecule has 4 nitrogen and oxygen atoms in total. The molecule has 0 saturated carbocycles. The minimum Gasteiger partial charge on any atom is -0.294 e. The summed E-state index contributed by atoms with van der Waals surface area (Å²) in [5.41, 5.74) is 0.210. The summed E-state index contributed by atoms with van der Waals surface area (Å²) in [4.78, 5) is 39.0. The van der Waals surface area contributed by atoms with Gasteiger partial charge in [-0.2, -0.15) is 0 Å². The Labute approximate surface area is 118 Å². The first-order valence-electron chi connectivity index (χ1n) is 5.79. The van der Waals surface area contributed by atoms with Gasteiger partial charge in [0, 0.05) is 17.1 Å². The topological polar surface area (TPSA) is 64.1 Å². The molecule has 1 aromatic carbocycles. The highest BCUT2D eigenvalue weighted by Crippen LogP contribution is 2.09. The Hall–Kier alpha value is -2.21. The normalized spacial score (nSPS) is 10.2. The lowest BCUT2D eigenvalue weighted by atomic mass is 10.0. The van der Waals surface area contributed by atoms with Gasteiger partial charge in [0.05, 0.1) is 12.8 Å². The van der Waals surface area contributed by atoms with Crippen molar-refractivity contribution in [2.45, 2.75) is 12.8 Å². The van der Waals surface area contributed by atoms with Crippen molar-refractivity contribution in [3.8, 4) is 0 Å².